The molecular formula is C72H104O9. The molecule has 446 valence electrons. The van der Waals surface area contributed by atoms with Gasteiger partial charge in [-0.3, -0.25) is 0 Å². The first-order valence-electron chi connectivity index (χ1n) is 33.5. The molecule has 0 radical (unpaired) electrons. The van der Waals surface area contributed by atoms with Gasteiger partial charge < -0.3 is 43.0 Å². The van der Waals surface area contributed by atoms with E-state index in [1.165, 1.54) is 189 Å². The summed E-state index contributed by atoms with van der Waals surface area (Å²) >= 11 is 0. The monoisotopic (exact) mass is 1110 g/mol. The lowest BCUT2D eigenvalue weighted by Gasteiger charge is -2.35. The molecule has 0 amide bonds. The third-order valence-corrected chi connectivity index (χ3v) is 18.8. The van der Waals surface area contributed by atoms with E-state index in [-0.39, 0.29) is 56.6 Å². The SMILES string of the molecule is CCCCCCCCCCC1c2cc3c4cc2OCOc2cc5c(cc21)C(CCCCCCCCCC)c1cc2c(c(O)c1OCO5)OCOc1cc(c(cc1C2CCCCCCCCCC)C3CCCCCCCCCC)OCO4. The van der Waals surface area contributed by atoms with Crippen LogP contribution in [0, 0.1) is 0 Å². The average Bonchev–Trinajstić information content (AvgIpc) is 3.57. The summed E-state index contributed by atoms with van der Waals surface area (Å²) in [4.78, 5) is 0. The second kappa shape index (κ2) is 32.2. The molecule has 9 heteroatoms. The molecule has 4 unspecified atom stereocenters. The van der Waals surface area contributed by atoms with E-state index in [1.807, 2.05) is 0 Å². The maximum Gasteiger partial charge on any atom is 0.231 e. The van der Waals surface area contributed by atoms with Crippen molar-refractivity contribution in [2.24, 2.45) is 0 Å². The molecule has 4 atom stereocenters. The van der Waals surface area contributed by atoms with Gasteiger partial charge in [-0.25, -0.2) is 0 Å². The minimum atomic E-state index is -0.140. The summed E-state index contributed by atoms with van der Waals surface area (Å²) in [5.41, 5.74) is 8.99. The van der Waals surface area contributed by atoms with Crippen molar-refractivity contribution < 1.29 is 43.0 Å². The van der Waals surface area contributed by atoms with Crippen LogP contribution >= 0.6 is 0 Å². The summed E-state index contributed by atoms with van der Waals surface area (Å²) in [6.45, 7) is 9.13. The molecule has 1 aliphatic carbocycles. The number of rotatable bonds is 36. The van der Waals surface area contributed by atoms with E-state index in [4.69, 9.17) is 37.9 Å². The van der Waals surface area contributed by atoms with E-state index in [0.29, 0.717) is 11.5 Å². The van der Waals surface area contributed by atoms with Gasteiger partial charge in [-0.2, -0.15) is 0 Å². The van der Waals surface area contributed by atoms with Crippen LogP contribution in [0.25, 0.3) is 0 Å². The smallest absolute Gasteiger partial charge is 0.231 e. The molecule has 4 aromatic carbocycles. The molecule has 0 fully saturated rings. The Labute approximate surface area is 489 Å². The van der Waals surface area contributed by atoms with Gasteiger partial charge in [-0.05, 0) is 49.9 Å². The number of benzene rings is 4. The van der Waals surface area contributed by atoms with Crippen molar-refractivity contribution in [1.82, 2.24) is 0 Å². The van der Waals surface area contributed by atoms with Crippen LogP contribution in [0.1, 0.15) is 327 Å². The fourth-order valence-electron chi connectivity index (χ4n) is 14.1. The van der Waals surface area contributed by atoms with Crippen molar-refractivity contribution in [2.75, 3.05) is 27.2 Å². The van der Waals surface area contributed by atoms with Gasteiger partial charge in [0.25, 0.3) is 0 Å². The van der Waals surface area contributed by atoms with Gasteiger partial charge in [0.05, 0.1) is 0 Å². The normalized spacial score (nSPS) is 18.1. The zero-order chi connectivity index (χ0) is 56.0. The Balaban J connectivity index is 1.22. The second-order valence-corrected chi connectivity index (χ2v) is 24.7. The zero-order valence-corrected chi connectivity index (χ0v) is 50.8. The minimum Gasteiger partial charge on any atom is -0.502 e. The molecule has 1 N–H and O–H groups in total. The topological polar surface area (TPSA) is 94.1 Å². The molecule has 9 rings (SSSR count). The van der Waals surface area contributed by atoms with Crippen LogP contribution in [0.2, 0.25) is 0 Å². The summed E-state index contributed by atoms with van der Waals surface area (Å²) in [5, 5.41) is 12.9. The predicted molar refractivity (Wildman–Crippen MR) is 328 cm³/mol. The molecule has 4 aliphatic heterocycles. The van der Waals surface area contributed by atoms with Gasteiger partial charge in [0.1, 0.15) is 34.5 Å². The largest absolute Gasteiger partial charge is 0.502 e. The highest BCUT2D eigenvalue weighted by Crippen LogP contribution is 2.57. The van der Waals surface area contributed by atoms with E-state index in [2.05, 4.69) is 70.2 Å². The Bertz CT molecular complexity index is 2390. The van der Waals surface area contributed by atoms with Gasteiger partial charge in [-0.1, -0.05) is 233 Å². The van der Waals surface area contributed by atoms with Crippen LogP contribution in [0.3, 0.4) is 0 Å². The van der Waals surface area contributed by atoms with Crippen molar-refractivity contribution in [3.8, 4) is 51.7 Å². The number of hydrogen-bond donors (Lipinski definition) is 1. The highest BCUT2D eigenvalue weighted by atomic mass is 16.7. The molecule has 8 bridgehead atoms. The molecule has 9 nitrogen and oxygen atoms in total. The third kappa shape index (κ3) is 15.8. The summed E-state index contributed by atoms with van der Waals surface area (Å²) in [5.74, 6) is 5.35. The molecule has 81 heavy (non-hydrogen) atoms. The van der Waals surface area contributed by atoms with Crippen molar-refractivity contribution >= 4 is 0 Å². The van der Waals surface area contributed by atoms with E-state index in [0.717, 1.165) is 121 Å². The quantitative estimate of drug-likeness (QED) is 0.0447. The fourth-order valence-corrected chi connectivity index (χ4v) is 14.1. The number of aromatic hydroxyl groups is 1. The second-order valence-electron chi connectivity index (χ2n) is 24.7. The first-order chi connectivity index (χ1) is 40.0. The van der Waals surface area contributed by atoms with Gasteiger partial charge in [0.2, 0.25) is 32.9 Å². The van der Waals surface area contributed by atoms with E-state index >= 15 is 0 Å². The van der Waals surface area contributed by atoms with E-state index in [1.54, 1.807) is 0 Å². The number of unbranched alkanes of at least 4 members (excludes halogenated alkanes) is 28. The predicted octanol–water partition coefficient (Wildman–Crippen LogP) is 21.3. The molecule has 5 aliphatic rings. The van der Waals surface area contributed by atoms with Crippen LogP contribution in [-0.4, -0.2) is 32.3 Å². The Morgan fingerprint density at radius 3 is 0.704 bits per heavy atom. The lowest BCUT2D eigenvalue weighted by molar-refractivity contribution is 0.0946. The van der Waals surface area contributed by atoms with Crippen molar-refractivity contribution in [3.05, 3.63) is 87.0 Å². The summed E-state index contributed by atoms with van der Waals surface area (Å²) in [7, 11) is 0. The lowest BCUT2D eigenvalue weighted by Crippen LogP contribution is -2.22. The number of ether oxygens (including phenoxy) is 8. The Kier molecular flexibility index (Phi) is 24.1. The van der Waals surface area contributed by atoms with Crippen molar-refractivity contribution in [1.29, 1.82) is 0 Å². The van der Waals surface area contributed by atoms with Gasteiger partial charge in [0.15, 0.2) is 11.5 Å². The maximum absolute atomic E-state index is 12.9. The molecule has 0 saturated carbocycles. The first-order valence-corrected chi connectivity index (χ1v) is 33.5. The molecule has 0 aromatic heterocycles. The van der Waals surface area contributed by atoms with Crippen LogP contribution in [-0.2, 0) is 0 Å². The molecule has 0 saturated heterocycles. The van der Waals surface area contributed by atoms with E-state index < -0.39 is 0 Å². The Hall–Kier alpha value is -4.92. The van der Waals surface area contributed by atoms with Crippen LogP contribution in [0.15, 0.2) is 42.5 Å². The van der Waals surface area contributed by atoms with Gasteiger partial charge >= 0.3 is 0 Å². The molecular weight excluding hydrogens is 1010 g/mol. The standard InChI is InChI=1S/C72H104O9/c1-5-9-13-17-21-25-29-33-37-52-56-41-57-53(38-34-30-26-22-18-14-10-6-2)59-43-61-55(40-36-32-28-24-20-16-12-8-4)63-44-62-54(39-35-31-27-23-19-15-11-7-3)60-42-58(52)66-46-68(60)78-50-80-71(62)70(73)72(63)81-51-79-69(61)47-67(59)77-49-75-65(57)45-64(56)74-48-76-66/h41-47,52-55,73H,5-40,48-51H2,1-4H3. The van der Waals surface area contributed by atoms with Gasteiger partial charge in [0, 0.05) is 86.4 Å². The zero-order valence-electron chi connectivity index (χ0n) is 50.8. The number of phenolic OH excluding ortho intramolecular Hbond substituents is 1. The minimum absolute atomic E-state index is 0.0264. The highest BCUT2D eigenvalue weighted by Gasteiger charge is 2.38. The summed E-state index contributed by atoms with van der Waals surface area (Å²) in [6.07, 6.45) is 43.2. The van der Waals surface area contributed by atoms with Crippen LogP contribution in [0.4, 0.5) is 0 Å². The lowest BCUT2D eigenvalue weighted by atomic mass is 9.76. The van der Waals surface area contributed by atoms with E-state index in [9.17, 15) is 5.11 Å². The molecule has 0 spiro atoms. The summed E-state index contributed by atoms with van der Waals surface area (Å²) < 4.78 is 53.9. The Morgan fingerprint density at radius 1 is 0.259 bits per heavy atom. The summed E-state index contributed by atoms with van der Waals surface area (Å²) in [6, 6.07) is 16.2. The van der Waals surface area contributed by atoms with Crippen LogP contribution in [0.5, 0.6) is 51.7 Å². The molecule has 4 heterocycles. The van der Waals surface area contributed by atoms with Gasteiger partial charge in [-0.15, -0.1) is 0 Å². The third-order valence-electron chi connectivity index (χ3n) is 18.8. The fraction of sp³-hybridized carbons (Fsp3) is 0.667. The molecule has 4 aromatic rings. The van der Waals surface area contributed by atoms with Crippen molar-refractivity contribution in [2.45, 2.75) is 283 Å². The maximum atomic E-state index is 12.9. The van der Waals surface area contributed by atoms with Crippen LogP contribution < -0.4 is 37.9 Å². The average molecular weight is 1110 g/mol. The highest BCUT2D eigenvalue weighted by molar-refractivity contribution is 5.67. The Morgan fingerprint density at radius 2 is 0.457 bits per heavy atom. The number of hydrogen-bond acceptors (Lipinski definition) is 9. The first kappa shape index (κ1) is 60.7. The van der Waals surface area contributed by atoms with Crippen molar-refractivity contribution in [3.63, 3.8) is 0 Å². The number of phenols is 1.